The van der Waals surface area contributed by atoms with Crippen LogP contribution in [0.15, 0.2) is 0 Å². The number of amides is 4. The van der Waals surface area contributed by atoms with Crippen molar-refractivity contribution in [2.75, 3.05) is 0 Å². The van der Waals surface area contributed by atoms with Crippen molar-refractivity contribution in [3.05, 3.63) is 0 Å². The van der Waals surface area contributed by atoms with Crippen LogP contribution < -0.4 is 10.6 Å². The number of carbonyl (C=O) groups is 3. The fourth-order valence-corrected chi connectivity index (χ4v) is 0.519. The van der Waals surface area contributed by atoms with E-state index in [0.29, 0.717) is 0 Å². The van der Waals surface area contributed by atoms with Crippen LogP contribution >= 0.6 is 0 Å². The molecule has 0 bridgehead atoms. The van der Waals surface area contributed by atoms with Crippen LogP contribution in [0.2, 0.25) is 0 Å². The number of nitrogens with one attached hydrogen (secondary N) is 2. The Balaban J connectivity index is 2.64. The molecule has 5 nitrogen and oxygen atoms in total. The third-order valence-corrected chi connectivity index (χ3v) is 0.827. The number of carbonyl (C=O) groups excluding carboxylic acids is 3. The topological polar surface area (TPSA) is 75.3 Å². The van der Waals surface area contributed by atoms with Gasteiger partial charge >= 0.3 is 6.03 Å². The molecule has 0 spiro atoms. The smallest absolute Gasteiger partial charge is 0.277 e. The van der Waals surface area contributed by atoms with Crippen molar-refractivity contribution in [2.45, 2.75) is 6.42 Å². The van der Waals surface area contributed by atoms with Gasteiger partial charge in [-0.15, -0.1) is 0 Å². The molecule has 0 aromatic rings. The Labute approximate surface area is 50.4 Å². The van der Waals surface area contributed by atoms with Crippen molar-refractivity contribution in [2.24, 2.45) is 0 Å². The lowest BCUT2D eigenvalue weighted by Crippen LogP contribution is -2.49. The molecule has 0 atom stereocenters. The van der Waals surface area contributed by atoms with Crippen molar-refractivity contribution >= 4 is 17.8 Å². The van der Waals surface area contributed by atoms with E-state index < -0.39 is 17.8 Å². The third kappa shape index (κ3) is 1.25. The summed E-state index contributed by atoms with van der Waals surface area (Å²) in [4.78, 5) is 30.8. The molecular weight excluding hydrogens is 126 g/mol. The quantitative estimate of drug-likeness (QED) is 0.317. The Morgan fingerprint density at radius 2 is 1.44 bits per heavy atom. The fourth-order valence-electron chi connectivity index (χ4n) is 0.519. The second kappa shape index (κ2) is 1.85. The van der Waals surface area contributed by atoms with Crippen LogP contribution in [0.25, 0.3) is 0 Å². The number of urea groups is 1. The predicted molar refractivity (Wildman–Crippen MR) is 26.3 cm³/mol. The molecule has 0 saturated carbocycles. The largest absolute Gasteiger partial charge is 0.328 e. The zero-order valence-corrected chi connectivity index (χ0v) is 4.43. The van der Waals surface area contributed by atoms with Crippen molar-refractivity contribution in [1.82, 2.24) is 10.6 Å². The molecule has 48 valence electrons. The lowest BCUT2D eigenvalue weighted by Gasteiger charge is -2.09. The molecule has 0 unspecified atom stereocenters. The predicted octanol–water partition coefficient (Wildman–Crippen LogP) is -1.26. The molecule has 1 rings (SSSR count). The highest BCUT2D eigenvalue weighted by Crippen LogP contribution is 1.85. The summed E-state index contributed by atoms with van der Waals surface area (Å²) in [5, 5.41) is 3.80. The van der Waals surface area contributed by atoms with E-state index in [4.69, 9.17) is 0 Å². The van der Waals surface area contributed by atoms with E-state index in [-0.39, 0.29) is 6.42 Å². The number of imide groups is 2. The van der Waals surface area contributed by atoms with E-state index in [1.807, 2.05) is 10.6 Å². The molecule has 0 radical (unpaired) electrons. The number of barbiturate groups is 1. The molecule has 4 amide bonds. The van der Waals surface area contributed by atoms with Crippen molar-refractivity contribution in [3.8, 4) is 0 Å². The van der Waals surface area contributed by atoms with Gasteiger partial charge < -0.3 is 0 Å². The lowest BCUT2D eigenvalue weighted by atomic mass is 10.4. The van der Waals surface area contributed by atoms with Gasteiger partial charge in [0.2, 0.25) is 11.8 Å². The van der Waals surface area contributed by atoms with Crippen LogP contribution in [0.3, 0.4) is 0 Å². The summed E-state index contributed by atoms with van der Waals surface area (Å²) in [6.45, 7) is 0. The van der Waals surface area contributed by atoms with E-state index in [2.05, 4.69) is 0 Å². The summed E-state index contributed by atoms with van der Waals surface area (Å²) in [5.74, 6) is -1.10. The summed E-state index contributed by atoms with van der Waals surface area (Å²) in [6, 6.07) is -0.740. The zero-order chi connectivity index (χ0) is 6.85. The molecule has 1 heterocycles. The Morgan fingerprint density at radius 1 is 1.00 bits per heavy atom. The van der Waals surface area contributed by atoms with E-state index in [1.54, 1.807) is 0 Å². The highest BCUT2D eigenvalue weighted by atomic mass is 16.3. The first-order valence-electron chi connectivity index (χ1n) is 2.32. The molecule has 0 aromatic heterocycles. The van der Waals surface area contributed by atoms with E-state index in [0.717, 1.165) is 0 Å². The standard InChI is InChI=1S/C4H4N2O3/c7-2-1-3(8)6-4(9)5-2/h1H2,(H2,5,6,7,8,9)/i5+1,6+1. The van der Waals surface area contributed by atoms with Gasteiger partial charge in [0.15, 0.2) is 0 Å². The van der Waals surface area contributed by atoms with Gasteiger partial charge in [-0.1, -0.05) is 0 Å². The summed E-state index contributed by atoms with van der Waals surface area (Å²) in [7, 11) is 0. The van der Waals surface area contributed by atoms with Gasteiger partial charge in [0.25, 0.3) is 0 Å². The normalized spacial score (nSPS) is 18.9. The Morgan fingerprint density at radius 3 is 1.78 bits per heavy atom. The average Bonchev–Trinajstić information content (AvgIpc) is 1.59. The van der Waals surface area contributed by atoms with E-state index >= 15 is 0 Å². The monoisotopic (exact) mass is 130 g/mol. The third-order valence-electron chi connectivity index (χ3n) is 0.827. The van der Waals surface area contributed by atoms with Gasteiger partial charge in [-0.2, -0.15) is 0 Å². The van der Waals surface area contributed by atoms with Gasteiger partial charge in [0.05, 0.1) is 0 Å². The fraction of sp³-hybridized carbons (Fsp3) is 0.250. The summed E-state index contributed by atoms with van der Waals surface area (Å²) in [5.41, 5.74) is 0. The molecule has 0 aliphatic carbocycles. The first-order valence-corrected chi connectivity index (χ1v) is 2.32. The molecule has 1 aliphatic rings. The van der Waals surface area contributed by atoms with Crippen LogP contribution in [0.1, 0.15) is 6.42 Å². The van der Waals surface area contributed by atoms with Crippen LogP contribution in [-0.2, 0) is 9.59 Å². The Kier molecular flexibility index (Phi) is 1.18. The zero-order valence-electron chi connectivity index (χ0n) is 4.43. The number of rotatable bonds is 0. The maximum atomic E-state index is 10.3. The first kappa shape index (κ1) is 5.74. The molecule has 5 heteroatoms. The molecule has 2 N–H and O–H groups in total. The minimum Gasteiger partial charge on any atom is -0.277 e. The highest BCUT2D eigenvalue weighted by molar-refractivity contribution is 6.14. The van der Waals surface area contributed by atoms with Gasteiger partial charge in [0.1, 0.15) is 6.42 Å². The average molecular weight is 130 g/mol. The molecular formula is C4H4N2O3. The SMILES string of the molecule is O=C1CC(=O)[15NH]C(=O)[15NH]1. The second-order valence-electron chi connectivity index (χ2n) is 1.60. The number of hydrogen-bond donors (Lipinski definition) is 2. The maximum absolute atomic E-state index is 10.3. The summed E-state index contributed by atoms with van der Waals surface area (Å²) in [6.07, 6.45) is -0.258. The van der Waals surface area contributed by atoms with Crippen molar-refractivity contribution in [1.29, 1.82) is 0 Å². The van der Waals surface area contributed by atoms with Crippen LogP contribution in [0.5, 0.6) is 0 Å². The lowest BCUT2D eigenvalue weighted by molar-refractivity contribution is -0.129. The maximum Gasteiger partial charge on any atom is 0.328 e. The number of hydrogen-bond acceptors (Lipinski definition) is 3. The molecule has 1 fully saturated rings. The molecule has 0 aromatic carbocycles. The van der Waals surface area contributed by atoms with Gasteiger partial charge in [-0.3, -0.25) is 20.2 Å². The minimum atomic E-state index is -0.740. The first-order chi connectivity index (χ1) is 4.18. The molecule has 1 saturated heterocycles. The summed E-state index contributed by atoms with van der Waals surface area (Å²) >= 11 is 0. The van der Waals surface area contributed by atoms with Gasteiger partial charge in [-0.05, 0) is 0 Å². The Bertz CT molecular complexity index is 141. The highest BCUT2D eigenvalue weighted by Gasteiger charge is 2.20. The molecule has 9 heavy (non-hydrogen) atoms. The molecule has 1 aliphatic heterocycles. The van der Waals surface area contributed by atoms with E-state index in [9.17, 15) is 14.4 Å². The van der Waals surface area contributed by atoms with E-state index in [1.165, 1.54) is 0 Å². The van der Waals surface area contributed by atoms with Crippen LogP contribution in [-0.4, -0.2) is 17.8 Å². The van der Waals surface area contributed by atoms with Crippen molar-refractivity contribution < 1.29 is 14.4 Å². The minimum absolute atomic E-state index is 0.258. The van der Waals surface area contributed by atoms with Gasteiger partial charge in [-0.25, -0.2) is 4.79 Å². The summed E-state index contributed by atoms with van der Waals surface area (Å²) < 4.78 is 0. The Hall–Kier alpha value is -1.39. The second-order valence-corrected chi connectivity index (χ2v) is 1.60. The van der Waals surface area contributed by atoms with Crippen molar-refractivity contribution in [3.63, 3.8) is 0 Å². The van der Waals surface area contributed by atoms with Crippen LogP contribution in [0.4, 0.5) is 4.79 Å². The van der Waals surface area contributed by atoms with Crippen LogP contribution in [0, 0.1) is 0 Å². The van der Waals surface area contributed by atoms with Gasteiger partial charge in [0, 0.05) is 0 Å².